The van der Waals surface area contributed by atoms with E-state index in [1.54, 1.807) is 0 Å². The predicted octanol–water partition coefficient (Wildman–Crippen LogP) is 4.41. The summed E-state index contributed by atoms with van der Waals surface area (Å²) in [6, 6.07) is 9.75. The summed E-state index contributed by atoms with van der Waals surface area (Å²) < 4.78 is 11.7. The molecule has 0 spiro atoms. The molecule has 1 aromatic rings. The number of rotatable bonds is 5. The molecule has 1 rings (SSSR count). The molecule has 0 fully saturated rings. The lowest BCUT2D eigenvalue weighted by Crippen LogP contribution is -2.26. The summed E-state index contributed by atoms with van der Waals surface area (Å²) in [7, 11) is -1.63. The van der Waals surface area contributed by atoms with Crippen molar-refractivity contribution in [3.63, 3.8) is 0 Å². The zero-order valence-corrected chi connectivity index (χ0v) is 12.4. The first-order valence-electron chi connectivity index (χ1n) is 6.00. The average Bonchev–Trinajstić information content (AvgIpc) is 2.15. The maximum atomic E-state index is 5.93. The number of ether oxygens (including phenoxy) is 1. The van der Waals surface area contributed by atoms with E-state index in [-0.39, 0.29) is 0 Å². The van der Waals surface area contributed by atoms with Crippen molar-refractivity contribution >= 4 is 8.32 Å². The molecule has 1 aromatic carbocycles. The smallest absolute Gasteiger partial charge is 0.266 e. The van der Waals surface area contributed by atoms with Crippen molar-refractivity contribution in [1.29, 1.82) is 0 Å². The van der Waals surface area contributed by atoms with Gasteiger partial charge in [0.1, 0.15) is 5.75 Å². The van der Waals surface area contributed by atoms with Crippen LogP contribution in [0.15, 0.2) is 42.4 Å². The van der Waals surface area contributed by atoms with E-state index in [0.29, 0.717) is 11.9 Å². The lowest BCUT2D eigenvalue weighted by Gasteiger charge is -2.22. The fourth-order valence-corrected chi connectivity index (χ4v) is 1.98. The van der Waals surface area contributed by atoms with Crippen LogP contribution in [0, 0.1) is 5.92 Å². The second-order valence-corrected chi connectivity index (χ2v) is 9.79. The van der Waals surface area contributed by atoms with Gasteiger partial charge in [0.25, 0.3) is 5.95 Å². The molecular weight excluding hydrogens is 228 g/mol. The molecule has 0 bridgehead atoms. The fourth-order valence-electron chi connectivity index (χ4n) is 1.27. The van der Waals surface area contributed by atoms with Gasteiger partial charge in [0, 0.05) is 0 Å². The van der Waals surface area contributed by atoms with Gasteiger partial charge in [0.05, 0.1) is 0 Å². The van der Waals surface area contributed by atoms with Crippen molar-refractivity contribution in [1.82, 2.24) is 0 Å². The van der Waals surface area contributed by atoms with Crippen LogP contribution in [0.3, 0.4) is 0 Å². The normalized spacial score (nSPS) is 12.7. The number of para-hydroxylation sites is 1. The maximum Gasteiger partial charge on any atom is 0.266 e. The Labute approximate surface area is 105 Å². The molecule has 0 aliphatic carbocycles. The van der Waals surface area contributed by atoms with Gasteiger partial charge in [-0.3, -0.25) is 0 Å². The Morgan fingerprint density at radius 1 is 1.12 bits per heavy atom. The van der Waals surface area contributed by atoms with Crippen LogP contribution in [0.1, 0.15) is 13.8 Å². The standard InChI is InChI=1S/C14H22O2Si/c1-12(2)11-14(16-17(3,4)5)15-13-9-7-6-8-10-13/h6-12H,1-5H3/b14-11+. The minimum absolute atomic E-state index is 0.407. The van der Waals surface area contributed by atoms with E-state index in [4.69, 9.17) is 9.16 Å². The number of hydrogen-bond donors (Lipinski definition) is 0. The lowest BCUT2D eigenvalue weighted by atomic mass is 10.2. The molecule has 0 aliphatic rings. The monoisotopic (exact) mass is 250 g/mol. The van der Waals surface area contributed by atoms with Gasteiger partial charge in [-0.1, -0.05) is 32.0 Å². The first-order valence-corrected chi connectivity index (χ1v) is 9.41. The highest BCUT2D eigenvalue weighted by molar-refractivity contribution is 6.70. The van der Waals surface area contributed by atoms with Crippen LogP contribution < -0.4 is 4.74 Å². The quantitative estimate of drug-likeness (QED) is 0.569. The van der Waals surface area contributed by atoms with Crippen LogP contribution in [0.25, 0.3) is 0 Å². The zero-order valence-electron chi connectivity index (χ0n) is 11.4. The molecule has 3 heteroatoms. The highest BCUT2D eigenvalue weighted by Gasteiger charge is 2.19. The van der Waals surface area contributed by atoms with Gasteiger partial charge in [-0.2, -0.15) is 0 Å². The van der Waals surface area contributed by atoms with Crippen LogP contribution in [0.5, 0.6) is 5.75 Å². The highest BCUT2D eigenvalue weighted by atomic mass is 28.4. The molecule has 0 atom stereocenters. The van der Waals surface area contributed by atoms with E-state index in [2.05, 4.69) is 33.5 Å². The average molecular weight is 250 g/mol. The third-order valence-corrected chi connectivity index (χ3v) is 2.65. The zero-order chi connectivity index (χ0) is 12.9. The molecule has 2 nitrogen and oxygen atoms in total. The molecule has 0 heterocycles. The summed E-state index contributed by atoms with van der Waals surface area (Å²) in [4.78, 5) is 0. The molecule has 0 unspecified atom stereocenters. The van der Waals surface area contributed by atoms with Gasteiger partial charge in [0.2, 0.25) is 8.32 Å². The van der Waals surface area contributed by atoms with Gasteiger partial charge in [0.15, 0.2) is 0 Å². The summed E-state index contributed by atoms with van der Waals surface area (Å²) in [5.41, 5.74) is 0. The van der Waals surface area contributed by atoms with E-state index in [9.17, 15) is 0 Å². The first-order chi connectivity index (χ1) is 7.87. The van der Waals surface area contributed by atoms with Crippen molar-refractivity contribution < 1.29 is 9.16 Å². The summed E-state index contributed by atoms with van der Waals surface area (Å²) in [5, 5.41) is 0. The minimum atomic E-state index is -1.63. The Morgan fingerprint density at radius 2 is 1.71 bits per heavy atom. The van der Waals surface area contributed by atoms with E-state index in [0.717, 1.165) is 5.75 Å². The van der Waals surface area contributed by atoms with Crippen molar-refractivity contribution in [2.45, 2.75) is 33.5 Å². The third-order valence-electron chi connectivity index (χ3n) is 1.84. The fraction of sp³-hybridized carbons (Fsp3) is 0.429. The largest absolute Gasteiger partial charge is 0.520 e. The molecule has 94 valence electrons. The van der Waals surface area contributed by atoms with E-state index >= 15 is 0 Å². The molecular formula is C14H22O2Si. The van der Waals surface area contributed by atoms with Gasteiger partial charge < -0.3 is 9.16 Å². The Morgan fingerprint density at radius 3 is 2.18 bits per heavy atom. The molecule has 17 heavy (non-hydrogen) atoms. The molecule has 0 radical (unpaired) electrons. The Balaban J connectivity index is 2.78. The van der Waals surface area contributed by atoms with Crippen molar-refractivity contribution in [3.05, 3.63) is 42.4 Å². The third kappa shape index (κ3) is 6.17. The molecule has 0 aliphatic heterocycles. The predicted molar refractivity (Wildman–Crippen MR) is 74.4 cm³/mol. The second kappa shape index (κ2) is 5.91. The van der Waals surface area contributed by atoms with Crippen molar-refractivity contribution in [2.75, 3.05) is 0 Å². The summed E-state index contributed by atoms with van der Waals surface area (Å²) in [6.45, 7) is 10.7. The summed E-state index contributed by atoms with van der Waals surface area (Å²) in [6.07, 6.45) is 2.02. The topological polar surface area (TPSA) is 18.5 Å². The van der Waals surface area contributed by atoms with Gasteiger partial charge in [-0.05, 0) is 43.8 Å². The summed E-state index contributed by atoms with van der Waals surface area (Å²) in [5.74, 6) is 1.85. The number of hydrogen-bond acceptors (Lipinski definition) is 2. The minimum Gasteiger partial charge on any atom is -0.520 e. The van der Waals surface area contributed by atoms with Crippen LogP contribution in [-0.2, 0) is 4.43 Å². The number of allylic oxidation sites excluding steroid dienone is 1. The Bertz CT molecular complexity index is 364. The summed E-state index contributed by atoms with van der Waals surface area (Å²) >= 11 is 0. The van der Waals surface area contributed by atoms with E-state index in [1.807, 2.05) is 36.4 Å². The highest BCUT2D eigenvalue weighted by Crippen LogP contribution is 2.18. The SMILES string of the molecule is CC(C)/C=C(\Oc1ccccc1)O[Si](C)(C)C. The molecule has 0 aromatic heterocycles. The van der Waals surface area contributed by atoms with Gasteiger partial charge >= 0.3 is 0 Å². The van der Waals surface area contributed by atoms with E-state index < -0.39 is 8.32 Å². The lowest BCUT2D eigenvalue weighted by molar-refractivity contribution is 0.217. The van der Waals surface area contributed by atoms with Crippen LogP contribution in [-0.4, -0.2) is 8.32 Å². The van der Waals surface area contributed by atoms with Crippen molar-refractivity contribution in [2.24, 2.45) is 5.92 Å². The van der Waals surface area contributed by atoms with Crippen LogP contribution in [0.2, 0.25) is 19.6 Å². The van der Waals surface area contributed by atoms with Crippen LogP contribution in [0.4, 0.5) is 0 Å². The van der Waals surface area contributed by atoms with Crippen LogP contribution >= 0.6 is 0 Å². The van der Waals surface area contributed by atoms with E-state index in [1.165, 1.54) is 0 Å². The number of benzene rings is 1. The first kappa shape index (κ1) is 13.8. The Hall–Kier alpha value is -1.22. The van der Waals surface area contributed by atoms with Gasteiger partial charge in [-0.15, -0.1) is 0 Å². The molecule has 0 saturated heterocycles. The Kier molecular flexibility index (Phi) is 4.81. The van der Waals surface area contributed by atoms with Gasteiger partial charge in [-0.25, -0.2) is 0 Å². The van der Waals surface area contributed by atoms with Crippen molar-refractivity contribution in [3.8, 4) is 5.75 Å². The molecule has 0 saturated carbocycles. The molecule has 0 amide bonds. The maximum absolute atomic E-state index is 5.93. The molecule has 0 N–H and O–H groups in total. The second-order valence-electron chi connectivity index (χ2n) is 5.36.